The van der Waals surface area contributed by atoms with Crippen molar-refractivity contribution in [1.82, 2.24) is 14.9 Å². The van der Waals surface area contributed by atoms with Crippen molar-refractivity contribution in [3.05, 3.63) is 18.1 Å². The van der Waals surface area contributed by atoms with Crippen LogP contribution in [0.3, 0.4) is 0 Å². The zero-order chi connectivity index (χ0) is 13.9. The fraction of sp³-hybridized carbons (Fsp3) is 0.643. The van der Waals surface area contributed by atoms with Gasteiger partial charge in [0, 0.05) is 13.1 Å². The van der Waals surface area contributed by atoms with Gasteiger partial charge in [-0.05, 0) is 18.3 Å². The molecule has 0 unspecified atom stereocenters. The Hall–Kier alpha value is -1.65. The Labute approximate surface area is 114 Å². The Balaban J connectivity index is 2.04. The summed E-state index contributed by atoms with van der Waals surface area (Å²) in [5, 5.41) is 0. The number of hydrogen-bond donors (Lipinski definition) is 1. The van der Waals surface area contributed by atoms with Crippen LogP contribution in [0.5, 0.6) is 0 Å². The van der Waals surface area contributed by atoms with Gasteiger partial charge >= 0.3 is 0 Å². The lowest BCUT2D eigenvalue weighted by Gasteiger charge is -2.40. The van der Waals surface area contributed by atoms with Crippen molar-refractivity contribution in [1.29, 1.82) is 0 Å². The number of carbonyl (C=O) groups excluding carboxylic acids is 1. The average Bonchev–Trinajstić information content (AvgIpc) is 2.46. The van der Waals surface area contributed by atoms with Gasteiger partial charge in [0.1, 0.15) is 11.5 Å². The zero-order valence-corrected chi connectivity index (χ0v) is 11.7. The van der Waals surface area contributed by atoms with Gasteiger partial charge in [0.2, 0.25) is 0 Å². The van der Waals surface area contributed by atoms with Gasteiger partial charge in [-0.2, -0.15) is 0 Å². The van der Waals surface area contributed by atoms with Crippen molar-refractivity contribution in [2.45, 2.75) is 39.5 Å². The monoisotopic (exact) mass is 262 g/mol. The van der Waals surface area contributed by atoms with Crippen molar-refractivity contribution < 1.29 is 4.79 Å². The maximum atomic E-state index is 12.3. The normalized spacial score (nSPS) is 18.3. The number of piperidine rings is 1. The van der Waals surface area contributed by atoms with Crippen LogP contribution >= 0.6 is 0 Å². The van der Waals surface area contributed by atoms with Crippen molar-refractivity contribution in [3.8, 4) is 0 Å². The first-order valence-corrected chi connectivity index (χ1v) is 6.97. The summed E-state index contributed by atoms with van der Waals surface area (Å²) in [5.41, 5.74) is 6.33. The third-order valence-corrected chi connectivity index (χ3v) is 4.48. The highest BCUT2D eigenvalue weighted by molar-refractivity contribution is 5.92. The molecule has 2 N–H and O–H groups in total. The van der Waals surface area contributed by atoms with Crippen molar-refractivity contribution >= 4 is 11.7 Å². The van der Waals surface area contributed by atoms with Crippen LogP contribution in [0.4, 0.5) is 5.82 Å². The Kier molecular flexibility index (Phi) is 4.02. The van der Waals surface area contributed by atoms with Crippen LogP contribution in [-0.4, -0.2) is 33.9 Å². The summed E-state index contributed by atoms with van der Waals surface area (Å²) in [6.07, 6.45) is 7.45. The molecule has 5 heteroatoms. The van der Waals surface area contributed by atoms with Gasteiger partial charge in [0.25, 0.3) is 5.91 Å². The lowest BCUT2D eigenvalue weighted by atomic mass is 9.74. The summed E-state index contributed by atoms with van der Waals surface area (Å²) in [5.74, 6) is 0.236. The third kappa shape index (κ3) is 2.85. The number of nitrogens with two attached hydrogens (primary N) is 1. The number of rotatable bonds is 3. The average molecular weight is 262 g/mol. The van der Waals surface area contributed by atoms with E-state index in [9.17, 15) is 4.79 Å². The van der Waals surface area contributed by atoms with E-state index in [0.29, 0.717) is 16.9 Å². The Morgan fingerprint density at radius 3 is 2.47 bits per heavy atom. The first-order valence-electron chi connectivity index (χ1n) is 6.97. The molecule has 1 aliphatic rings. The molecule has 1 fully saturated rings. The van der Waals surface area contributed by atoms with E-state index >= 15 is 0 Å². The van der Waals surface area contributed by atoms with Crippen molar-refractivity contribution in [3.63, 3.8) is 0 Å². The van der Waals surface area contributed by atoms with Crippen LogP contribution < -0.4 is 5.73 Å². The van der Waals surface area contributed by atoms with E-state index in [1.54, 1.807) is 0 Å². The van der Waals surface area contributed by atoms with Crippen molar-refractivity contribution in [2.24, 2.45) is 5.41 Å². The van der Waals surface area contributed by atoms with Crippen LogP contribution in [0.1, 0.15) is 50.0 Å². The van der Waals surface area contributed by atoms with E-state index in [2.05, 4.69) is 23.8 Å². The number of aromatic nitrogens is 2. The minimum absolute atomic E-state index is 0.0550. The number of nitrogens with zero attached hydrogens (tertiary/aromatic N) is 3. The quantitative estimate of drug-likeness (QED) is 0.905. The van der Waals surface area contributed by atoms with Gasteiger partial charge in [-0.25, -0.2) is 4.98 Å². The van der Waals surface area contributed by atoms with Gasteiger partial charge in [0.05, 0.1) is 12.4 Å². The SMILES string of the molecule is CCC1(CC)CCN(C(=O)c2cncc(N)n2)CC1. The second kappa shape index (κ2) is 5.55. The second-order valence-corrected chi connectivity index (χ2v) is 5.33. The Morgan fingerprint density at radius 2 is 1.95 bits per heavy atom. The fourth-order valence-corrected chi connectivity index (χ4v) is 2.79. The molecule has 1 aromatic rings. The van der Waals surface area contributed by atoms with E-state index in [1.807, 2.05) is 4.90 Å². The number of likely N-dealkylation sites (tertiary alicyclic amines) is 1. The van der Waals surface area contributed by atoms with Crippen LogP contribution in [0.2, 0.25) is 0 Å². The summed E-state index contributed by atoms with van der Waals surface area (Å²) in [4.78, 5) is 22.2. The molecule has 0 aliphatic carbocycles. The molecule has 2 heterocycles. The minimum atomic E-state index is -0.0550. The number of carbonyl (C=O) groups is 1. The van der Waals surface area contributed by atoms with Gasteiger partial charge in [0.15, 0.2) is 0 Å². The predicted molar refractivity (Wildman–Crippen MR) is 74.6 cm³/mol. The maximum absolute atomic E-state index is 12.3. The van der Waals surface area contributed by atoms with E-state index in [1.165, 1.54) is 25.2 Å². The molecular weight excluding hydrogens is 240 g/mol. The second-order valence-electron chi connectivity index (χ2n) is 5.33. The maximum Gasteiger partial charge on any atom is 0.274 e. The molecule has 19 heavy (non-hydrogen) atoms. The fourth-order valence-electron chi connectivity index (χ4n) is 2.79. The molecule has 2 rings (SSSR count). The molecule has 104 valence electrons. The van der Waals surface area contributed by atoms with E-state index in [-0.39, 0.29) is 5.91 Å². The molecule has 5 nitrogen and oxygen atoms in total. The molecular formula is C14H22N4O. The van der Waals surface area contributed by atoms with Crippen molar-refractivity contribution in [2.75, 3.05) is 18.8 Å². The Morgan fingerprint density at radius 1 is 1.32 bits per heavy atom. The summed E-state index contributed by atoms with van der Waals surface area (Å²) >= 11 is 0. The number of hydrogen-bond acceptors (Lipinski definition) is 4. The summed E-state index contributed by atoms with van der Waals surface area (Å²) in [7, 11) is 0. The largest absolute Gasteiger partial charge is 0.382 e. The standard InChI is InChI=1S/C14H22N4O/c1-3-14(4-2)5-7-18(8-6-14)13(19)11-9-16-10-12(15)17-11/h9-10H,3-8H2,1-2H3,(H2,15,17). The zero-order valence-electron chi connectivity index (χ0n) is 11.7. The first kappa shape index (κ1) is 13.8. The number of anilines is 1. The molecule has 0 spiro atoms. The van der Waals surface area contributed by atoms with E-state index < -0.39 is 0 Å². The van der Waals surface area contributed by atoms with Gasteiger partial charge in [-0.1, -0.05) is 26.7 Å². The Bertz CT molecular complexity index is 447. The van der Waals surface area contributed by atoms with E-state index in [0.717, 1.165) is 25.9 Å². The molecule has 0 atom stereocenters. The molecule has 0 aromatic carbocycles. The lowest BCUT2D eigenvalue weighted by molar-refractivity contribution is 0.0552. The number of nitrogen functional groups attached to an aromatic ring is 1. The molecule has 0 saturated carbocycles. The third-order valence-electron chi connectivity index (χ3n) is 4.48. The summed E-state index contributed by atoms with van der Waals surface area (Å²) in [6, 6.07) is 0. The highest BCUT2D eigenvalue weighted by atomic mass is 16.2. The van der Waals surface area contributed by atoms with Gasteiger partial charge in [-0.15, -0.1) is 0 Å². The molecule has 1 saturated heterocycles. The lowest BCUT2D eigenvalue weighted by Crippen LogP contribution is -2.43. The van der Waals surface area contributed by atoms with Crippen LogP contribution in [0, 0.1) is 5.41 Å². The molecule has 0 radical (unpaired) electrons. The first-order chi connectivity index (χ1) is 9.10. The van der Waals surface area contributed by atoms with E-state index in [4.69, 9.17) is 5.73 Å². The van der Waals surface area contributed by atoms with Gasteiger partial charge in [-0.3, -0.25) is 9.78 Å². The molecule has 1 aromatic heterocycles. The predicted octanol–water partition coefficient (Wildman–Crippen LogP) is 2.10. The minimum Gasteiger partial charge on any atom is -0.382 e. The van der Waals surface area contributed by atoms with Crippen LogP contribution in [0.15, 0.2) is 12.4 Å². The highest BCUT2D eigenvalue weighted by Gasteiger charge is 2.33. The highest BCUT2D eigenvalue weighted by Crippen LogP contribution is 2.38. The van der Waals surface area contributed by atoms with Crippen LogP contribution in [0.25, 0.3) is 0 Å². The summed E-state index contributed by atoms with van der Waals surface area (Å²) in [6.45, 7) is 6.09. The molecule has 1 aliphatic heterocycles. The topological polar surface area (TPSA) is 72.1 Å². The summed E-state index contributed by atoms with van der Waals surface area (Å²) < 4.78 is 0. The number of amides is 1. The molecule has 0 bridgehead atoms. The smallest absolute Gasteiger partial charge is 0.274 e. The van der Waals surface area contributed by atoms with Crippen LogP contribution in [-0.2, 0) is 0 Å². The molecule has 1 amide bonds. The van der Waals surface area contributed by atoms with Gasteiger partial charge < -0.3 is 10.6 Å².